The van der Waals surface area contributed by atoms with Gasteiger partial charge in [-0.3, -0.25) is 0 Å². The van der Waals surface area contributed by atoms with Crippen molar-refractivity contribution in [2.24, 2.45) is 0 Å². The Kier molecular flexibility index (Phi) is 9.17. The van der Waals surface area contributed by atoms with Crippen molar-refractivity contribution in [3.05, 3.63) is 261 Å². The molecular formula is C66H43N3O. The van der Waals surface area contributed by atoms with Crippen LogP contribution in [0.5, 0.6) is 0 Å². The van der Waals surface area contributed by atoms with Crippen LogP contribution in [0.25, 0.3) is 110 Å². The summed E-state index contributed by atoms with van der Waals surface area (Å²) in [6.45, 7) is 0. The van der Waals surface area contributed by atoms with Crippen molar-refractivity contribution in [3.8, 4) is 44.8 Å². The summed E-state index contributed by atoms with van der Waals surface area (Å²) in [6, 6.07) is 94.2. The number of fused-ring (bicyclic) bond motifs is 9. The van der Waals surface area contributed by atoms with Crippen LogP contribution in [0.1, 0.15) is 0 Å². The highest BCUT2D eigenvalue weighted by molar-refractivity contribution is 6.11. The Hall–Kier alpha value is -9.38. The van der Waals surface area contributed by atoms with E-state index in [1.54, 1.807) is 0 Å². The van der Waals surface area contributed by atoms with Gasteiger partial charge in [-0.25, -0.2) is 0 Å². The number of furan rings is 1. The molecule has 0 N–H and O–H groups in total. The normalized spacial score (nSPS) is 11.7. The molecule has 0 aliphatic rings. The van der Waals surface area contributed by atoms with Crippen LogP contribution in [0, 0.1) is 0 Å². The van der Waals surface area contributed by atoms with Gasteiger partial charge in [-0.15, -0.1) is 0 Å². The predicted molar refractivity (Wildman–Crippen MR) is 293 cm³/mol. The van der Waals surface area contributed by atoms with Crippen LogP contribution in [-0.2, 0) is 0 Å². The molecule has 0 radical (unpaired) electrons. The molecule has 0 aliphatic heterocycles. The van der Waals surface area contributed by atoms with Crippen molar-refractivity contribution in [3.63, 3.8) is 0 Å². The Bertz CT molecular complexity index is 4200. The quantitative estimate of drug-likeness (QED) is 0.152. The topological polar surface area (TPSA) is 26.2 Å². The summed E-state index contributed by atoms with van der Waals surface area (Å²) in [6.07, 6.45) is 0. The number of hydrogen-bond donors (Lipinski definition) is 0. The standard InChI is InChI=1S/C66H43N3O/c1-2-12-50(13-3-1)68-63-20-10-6-16-57(63)59-42-48(30-40-64(59)68)46-24-22-44(23-25-46)45-26-32-51(33-27-45)67(52-34-28-47(29-35-52)49-31-41-66-60(43-49)58-17-7-11-21-65(58)70-66)53-36-38-54(39-37-53)69-61-18-8-4-14-55(61)56-15-5-9-19-62(56)69/h1-43H. The number of anilines is 3. The van der Waals surface area contributed by atoms with E-state index < -0.39 is 0 Å². The van der Waals surface area contributed by atoms with Gasteiger partial charge in [0.05, 0.1) is 22.1 Å². The Morgan fingerprint density at radius 2 is 0.600 bits per heavy atom. The maximum Gasteiger partial charge on any atom is 0.135 e. The molecule has 0 atom stereocenters. The summed E-state index contributed by atoms with van der Waals surface area (Å²) in [7, 11) is 0. The first kappa shape index (κ1) is 39.8. The Morgan fingerprint density at radius 3 is 1.16 bits per heavy atom. The van der Waals surface area contributed by atoms with Crippen LogP contribution in [0.2, 0.25) is 0 Å². The van der Waals surface area contributed by atoms with Crippen LogP contribution in [0.15, 0.2) is 265 Å². The van der Waals surface area contributed by atoms with Gasteiger partial charge in [-0.2, -0.15) is 0 Å². The molecule has 4 heteroatoms. The zero-order valence-corrected chi connectivity index (χ0v) is 38.1. The lowest BCUT2D eigenvalue weighted by Gasteiger charge is -2.26. The van der Waals surface area contributed by atoms with Gasteiger partial charge < -0.3 is 18.5 Å². The number of rotatable bonds is 8. The minimum absolute atomic E-state index is 0.901. The molecule has 4 nitrogen and oxygen atoms in total. The highest BCUT2D eigenvalue weighted by atomic mass is 16.3. The average Bonchev–Trinajstić information content (AvgIpc) is 4.09. The maximum absolute atomic E-state index is 6.15. The van der Waals surface area contributed by atoms with Crippen LogP contribution < -0.4 is 4.90 Å². The molecule has 0 amide bonds. The van der Waals surface area contributed by atoms with Crippen LogP contribution >= 0.6 is 0 Å². The summed E-state index contributed by atoms with van der Waals surface area (Å²) in [4.78, 5) is 2.35. The Labute approximate surface area is 404 Å². The van der Waals surface area contributed by atoms with E-state index >= 15 is 0 Å². The molecule has 328 valence electrons. The van der Waals surface area contributed by atoms with E-state index in [0.717, 1.165) is 61.4 Å². The highest BCUT2D eigenvalue weighted by Gasteiger charge is 2.18. The van der Waals surface area contributed by atoms with Crippen LogP contribution in [0.4, 0.5) is 17.1 Å². The largest absolute Gasteiger partial charge is 0.456 e. The van der Waals surface area contributed by atoms with Crippen molar-refractivity contribution in [2.45, 2.75) is 0 Å². The Morgan fingerprint density at radius 1 is 0.243 bits per heavy atom. The molecular weight excluding hydrogens is 851 g/mol. The van der Waals surface area contributed by atoms with Crippen molar-refractivity contribution in [1.82, 2.24) is 9.13 Å². The van der Waals surface area contributed by atoms with Gasteiger partial charge in [-0.1, -0.05) is 152 Å². The second kappa shape index (κ2) is 16.2. The predicted octanol–water partition coefficient (Wildman–Crippen LogP) is 18.3. The third kappa shape index (κ3) is 6.53. The molecule has 14 rings (SSSR count). The SMILES string of the molecule is c1ccc(-n2c3ccccc3c3cc(-c4ccc(-c5ccc(N(c6ccc(-c7ccc8oc9ccccc9c8c7)cc6)c6ccc(-n7c8ccccc8c8ccccc87)cc6)cc5)cc4)ccc32)cc1. The van der Waals surface area contributed by atoms with E-state index in [2.05, 4.69) is 263 Å². The van der Waals surface area contributed by atoms with Crippen molar-refractivity contribution in [2.75, 3.05) is 4.90 Å². The van der Waals surface area contributed by atoms with E-state index in [1.165, 1.54) is 66.0 Å². The van der Waals surface area contributed by atoms with Crippen molar-refractivity contribution in [1.29, 1.82) is 0 Å². The third-order valence-corrected chi connectivity index (χ3v) is 14.1. The van der Waals surface area contributed by atoms with Crippen LogP contribution in [-0.4, -0.2) is 9.13 Å². The summed E-state index contributed by atoms with van der Waals surface area (Å²) in [5.74, 6) is 0. The second-order valence-corrected chi connectivity index (χ2v) is 18.1. The fourth-order valence-corrected chi connectivity index (χ4v) is 10.8. The van der Waals surface area contributed by atoms with Crippen molar-refractivity contribution < 1.29 is 4.42 Å². The molecule has 3 heterocycles. The first-order valence-electron chi connectivity index (χ1n) is 23.9. The molecule has 14 aromatic rings. The van der Waals surface area contributed by atoms with E-state index in [-0.39, 0.29) is 0 Å². The smallest absolute Gasteiger partial charge is 0.135 e. The summed E-state index contributed by atoms with van der Waals surface area (Å²) < 4.78 is 10.9. The molecule has 0 unspecified atom stereocenters. The lowest BCUT2D eigenvalue weighted by Crippen LogP contribution is -2.10. The van der Waals surface area contributed by atoms with Gasteiger partial charge in [0.15, 0.2) is 0 Å². The van der Waals surface area contributed by atoms with Gasteiger partial charge in [0, 0.05) is 60.8 Å². The lowest BCUT2D eigenvalue weighted by atomic mass is 9.98. The zero-order chi connectivity index (χ0) is 46.1. The first-order valence-corrected chi connectivity index (χ1v) is 23.9. The summed E-state index contributed by atoms with van der Waals surface area (Å²) >= 11 is 0. The fraction of sp³-hybridized carbons (Fsp3) is 0. The summed E-state index contributed by atoms with van der Waals surface area (Å²) in [5, 5.41) is 7.27. The average molecular weight is 894 g/mol. The zero-order valence-electron chi connectivity index (χ0n) is 38.1. The Balaban J connectivity index is 0.807. The number of benzene rings is 11. The molecule has 3 aromatic heterocycles. The molecule has 70 heavy (non-hydrogen) atoms. The fourth-order valence-electron chi connectivity index (χ4n) is 10.8. The van der Waals surface area contributed by atoms with Gasteiger partial charge in [-0.05, 0) is 143 Å². The molecule has 0 fully saturated rings. The van der Waals surface area contributed by atoms with Gasteiger partial charge in [0.1, 0.15) is 11.2 Å². The molecule has 0 bridgehead atoms. The monoisotopic (exact) mass is 893 g/mol. The molecule has 11 aromatic carbocycles. The van der Waals surface area contributed by atoms with Crippen LogP contribution in [0.3, 0.4) is 0 Å². The van der Waals surface area contributed by atoms with E-state index in [1.807, 2.05) is 12.1 Å². The molecule has 0 saturated carbocycles. The van der Waals surface area contributed by atoms with Crippen molar-refractivity contribution >= 4 is 82.6 Å². The van der Waals surface area contributed by atoms with Gasteiger partial charge >= 0.3 is 0 Å². The number of nitrogens with zero attached hydrogens (tertiary/aromatic N) is 3. The number of para-hydroxylation sites is 5. The van der Waals surface area contributed by atoms with E-state index in [4.69, 9.17) is 4.42 Å². The maximum atomic E-state index is 6.15. The summed E-state index contributed by atoms with van der Waals surface area (Å²) in [5.41, 5.74) is 19.2. The minimum Gasteiger partial charge on any atom is -0.456 e. The van der Waals surface area contributed by atoms with E-state index in [9.17, 15) is 0 Å². The number of aromatic nitrogens is 2. The third-order valence-electron chi connectivity index (χ3n) is 14.1. The van der Waals surface area contributed by atoms with E-state index in [0.29, 0.717) is 0 Å². The lowest BCUT2D eigenvalue weighted by molar-refractivity contribution is 0.669. The minimum atomic E-state index is 0.901. The van der Waals surface area contributed by atoms with Gasteiger partial charge in [0.25, 0.3) is 0 Å². The van der Waals surface area contributed by atoms with Gasteiger partial charge in [0.2, 0.25) is 0 Å². The molecule has 0 spiro atoms. The second-order valence-electron chi connectivity index (χ2n) is 18.1. The highest BCUT2D eigenvalue weighted by Crippen LogP contribution is 2.41. The number of hydrogen-bond acceptors (Lipinski definition) is 2. The first-order chi connectivity index (χ1) is 34.7. The molecule has 0 saturated heterocycles. The molecule has 0 aliphatic carbocycles.